The van der Waals surface area contributed by atoms with Gasteiger partial charge in [0.1, 0.15) is 11.6 Å². The van der Waals surface area contributed by atoms with Gasteiger partial charge in [-0.15, -0.1) is 0 Å². The van der Waals surface area contributed by atoms with Gasteiger partial charge in [-0.05, 0) is 42.8 Å². The number of rotatable bonds is 4. The number of anilines is 1. The summed E-state index contributed by atoms with van der Waals surface area (Å²) in [5, 5.41) is 3.61. The Labute approximate surface area is 117 Å². The normalized spacial score (nSPS) is 10.3. The second kappa shape index (κ2) is 5.93. The van der Waals surface area contributed by atoms with Gasteiger partial charge in [-0.25, -0.2) is 4.39 Å². The molecule has 2 aromatic carbocycles. The molecule has 0 atom stereocenters. The van der Waals surface area contributed by atoms with E-state index in [0.717, 1.165) is 17.0 Å². The molecular weight excluding hydrogens is 265 g/mol. The van der Waals surface area contributed by atoms with Crippen molar-refractivity contribution < 1.29 is 9.13 Å². The Kier molecular flexibility index (Phi) is 4.27. The van der Waals surface area contributed by atoms with Gasteiger partial charge in [0.15, 0.2) is 0 Å². The molecule has 0 radical (unpaired) electrons. The molecule has 19 heavy (non-hydrogen) atoms. The lowest BCUT2D eigenvalue weighted by molar-refractivity contribution is 0.414. The number of methoxy groups -OCH3 is 1. The van der Waals surface area contributed by atoms with E-state index in [1.54, 1.807) is 19.2 Å². The smallest absolute Gasteiger partial charge is 0.129 e. The van der Waals surface area contributed by atoms with Crippen molar-refractivity contribution in [3.63, 3.8) is 0 Å². The minimum atomic E-state index is -0.300. The van der Waals surface area contributed by atoms with E-state index in [1.165, 1.54) is 6.07 Å². The van der Waals surface area contributed by atoms with Gasteiger partial charge in [-0.3, -0.25) is 0 Å². The zero-order valence-corrected chi connectivity index (χ0v) is 11.6. The maximum atomic E-state index is 13.6. The first-order chi connectivity index (χ1) is 9.10. The lowest BCUT2D eigenvalue weighted by atomic mass is 10.1. The lowest BCUT2D eigenvalue weighted by Crippen LogP contribution is -2.03. The van der Waals surface area contributed by atoms with Crippen molar-refractivity contribution >= 4 is 17.3 Å². The van der Waals surface area contributed by atoms with Crippen molar-refractivity contribution in [2.45, 2.75) is 13.5 Å². The number of aryl methyl sites for hydroxylation is 1. The highest BCUT2D eigenvalue weighted by Gasteiger charge is 2.04. The fourth-order valence-corrected chi connectivity index (χ4v) is 1.98. The third kappa shape index (κ3) is 3.38. The maximum Gasteiger partial charge on any atom is 0.129 e. The first kappa shape index (κ1) is 13.7. The third-order valence-electron chi connectivity index (χ3n) is 2.92. The second-order valence-electron chi connectivity index (χ2n) is 4.27. The van der Waals surface area contributed by atoms with E-state index in [0.29, 0.717) is 17.1 Å². The minimum absolute atomic E-state index is 0.300. The summed E-state index contributed by atoms with van der Waals surface area (Å²) in [7, 11) is 1.63. The molecule has 0 aliphatic carbocycles. The fourth-order valence-electron chi connectivity index (χ4n) is 1.82. The second-order valence-corrected chi connectivity index (χ2v) is 4.71. The van der Waals surface area contributed by atoms with Crippen molar-refractivity contribution in [3.8, 4) is 5.75 Å². The molecule has 0 aliphatic rings. The SMILES string of the molecule is COc1ccc(NCc2ccc(Cl)cc2F)c(C)c1. The first-order valence-corrected chi connectivity index (χ1v) is 6.30. The number of halogens is 2. The van der Waals surface area contributed by atoms with Gasteiger partial charge < -0.3 is 10.1 Å². The van der Waals surface area contributed by atoms with Crippen LogP contribution in [0.2, 0.25) is 5.02 Å². The third-order valence-corrected chi connectivity index (χ3v) is 3.15. The van der Waals surface area contributed by atoms with Gasteiger partial charge in [0, 0.05) is 22.8 Å². The van der Waals surface area contributed by atoms with E-state index in [-0.39, 0.29) is 5.82 Å². The zero-order valence-electron chi connectivity index (χ0n) is 10.8. The molecule has 2 aromatic rings. The van der Waals surface area contributed by atoms with E-state index in [1.807, 2.05) is 25.1 Å². The predicted molar refractivity (Wildman–Crippen MR) is 76.5 cm³/mol. The molecule has 2 nitrogen and oxygen atoms in total. The van der Waals surface area contributed by atoms with Crippen LogP contribution in [0.3, 0.4) is 0 Å². The quantitative estimate of drug-likeness (QED) is 0.895. The van der Waals surface area contributed by atoms with Crippen LogP contribution in [0.5, 0.6) is 5.75 Å². The summed E-state index contributed by atoms with van der Waals surface area (Å²) < 4.78 is 18.8. The highest BCUT2D eigenvalue weighted by molar-refractivity contribution is 6.30. The number of hydrogen-bond acceptors (Lipinski definition) is 2. The molecule has 0 aromatic heterocycles. The van der Waals surface area contributed by atoms with Gasteiger partial charge in [0.05, 0.1) is 7.11 Å². The zero-order chi connectivity index (χ0) is 13.8. The Balaban J connectivity index is 2.10. The Morgan fingerprint density at radius 3 is 2.63 bits per heavy atom. The Hall–Kier alpha value is -1.74. The predicted octanol–water partition coefficient (Wildman–Crippen LogP) is 4.41. The van der Waals surface area contributed by atoms with Crippen LogP contribution in [-0.2, 0) is 6.54 Å². The van der Waals surface area contributed by atoms with E-state index in [4.69, 9.17) is 16.3 Å². The maximum absolute atomic E-state index is 13.6. The van der Waals surface area contributed by atoms with Crippen molar-refractivity contribution in [1.29, 1.82) is 0 Å². The molecule has 0 spiro atoms. The van der Waals surface area contributed by atoms with Gasteiger partial charge >= 0.3 is 0 Å². The van der Waals surface area contributed by atoms with Gasteiger partial charge in [0.25, 0.3) is 0 Å². The molecule has 0 fully saturated rings. The number of nitrogens with one attached hydrogen (secondary N) is 1. The number of ether oxygens (including phenoxy) is 1. The molecule has 0 bridgehead atoms. The molecule has 0 saturated carbocycles. The van der Waals surface area contributed by atoms with Crippen molar-refractivity contribution in [2.75, 3.05) is 12.4 Å². The van der Waals surface area contributed by atoms with Gasteiger partial charge in [-0.2, -0.15) is 0 Å². The Morgan fingerprint density at radius 1 is 1.21 bits per heavy atom. The van der Waals surface area contributed by atoms with Crippen LogP contribution in [0, 0.1) is 12.7 Å². The summed E-state index contributed by atoms with van der Waals surface area (Å²) in [6.07, 6.45) is 0. The summed E-state index contributed by atoms with van der Waals surface area (Å²) in [6.45, 7) is 2.39. The molecular formula is C15H15ClFNO. The molecule has 100 valence electrons. The van der Waals surface area contributed by atoms with Crippen molar-refractivity contribution in [3.05, 3.63) is 58.4 Å². The monoisotopic (exact) mass is 279 g/mol. The molecule has 0 heterocycles. The fraction of sp³-hybridized carbons (Fsp3) is 0.200. The first-order valence-electron chi connectivity index (χ1n) is 5.92. The number of benzene rings is 2. The van der Waals surface area contributed by atoms with Crippen LogP contribution >= 0.6 is 11.6 Å². The molecule has 1 N–H and O–H groups in total. The van der Waals surface area contributed by atoms with Crippen LogP contribution in [0.15, 0.2) is 36.4 Å². The van der Waals surface area contributed by atoms with E-state index < -0.39 is 0 Å². The Morgan fingerprint density at radius 2 is 2.00 bits per heavy atom. The molecule has 0 saturated heterocycles. The number of hydrogen-bond donors (Lipinski definition) is 1. The lowest BCUT2D eigenvalue weighted by Gasteiger charge is -2.11. The largest absolute Gasteiger partial charge is 0.497 e. The van der Waals surface area contributed by atoms with E-state index in [2.05, 4.69) is 5.32 Å². The topological polar surface area (TPSA) is 21.3 Å². The Bertz CT molecular complexity index is 586. The van der Waals surface area contributed by atoms with Crippen LogP contribution in [0.1, 0.15) is 11.1 Å². The van der Waals surface area contributed by atoms with Gasteiger partial charge in [0.2, 0.25) is 0 Å². The average molecular weight is 280 g/mol. The van der Waals surface area contributed by atoms with Crippen molar-refractivity contribution in [1.82, 2.24) is 0 Å². The van der Waals surface area contributed by atoms with Crippen LogP contribution < -0.4 is 10.1 Å². The summed E-state index contributed by atoms with van der Waals surface area (Å²) in [6, 6.07) is 10.4. The highest BCUT2D eigenvalue weighted by Crippen LogP contribution is 2.22. The summed E-state index contributed by atoms with van der Waals surface area (Å²) >= 11 is 5.72. The molecule has 2 rings (SSSR count). The standard InChI is InChI=1S/C15H15ClFNO/c1-10-7-13(19-2)5-6-15(10)18-9-11-3-4-12(16)8-14(11)17/h3-8,18H,9H2,1-2H3. The highest BCUT2D eigenvalue weighted by atomic mass is 35.5. The van der Waals surface area contributed by atoms with Crippen molar-refractivity contribution in [2.24, 2.45) is 0 Å². The summed E-state index contributed by atoms with van der Waals surface area (Å²) in [5.41, 5.74) is 2.59. The van der Waals surface area contributed by atoms with Crippen LogP contribution in [0.25, 0.3) is 0 Å². The molecule has 0 aliphatic heterocycles. The van der Waals surface area contributed by atoms with Crippen LogP contribution in [-0.4, -0.2) is 7.11 Å². The van der Waals surface area contributed by atoms with Gasteiger partial charge in [-0.1, -0.05) is 17.7 Å². The van der Waals surface area contributed by atoms with Crippen LogP contribution in [0.4, 0.5) is 10.1 Å². The van der Waals surface area contributed by atoms with E-state index >= 15 is 0 Å². The summed E-state index contributed by atoms with van der Waals surface area (Å²) in [5.74, 6) is 0.506. The van der Waals surface area contributed by atoms with E-state index in [9.17, 15) is 4.39 Å². The molecule has 0 amide bonds. The molecule has 4 heteroatoms. The minimum Gasteiger partial charge on any atom is -0.497 e. The summed E-state index contributed by atoms with van der Waals surface area (Å²) in [4.78, 5) is 0. The average Bonchev–Trinajstić information content (AvgIpc) is 2.39. The molecule has 0 unspecified atom stereocenters.